The molecule has 4 heteroatoms. The Morgan fingerprint density at radius 3 is 2.69 bits per heavy atom. The van der Waals surface area contributed by atoms with Crippen molar-refractivity contribution in [3.8, 4) is 0 Å². The lowest BCUT2D eigenvalue weighted by Crippen LogP contribution is -2.36. The van der Waals surface area contributed by atoms with Gasteiger partial charge in [-0.15, -0.1) is 0 Å². The van der Waals surface area contributed by atoms with Gasteiger partial charge in [-0.25, -0.2) is 0 Å². The number of rotatable bonds is 11. The highest BCUT2D eigenvalue weighted by molar-refractivity contribution is 4.64. The molecule has 0 aliphatic heterocycles. The third kappa shape index (κ3) is 10.4. The van der Waals surface area contributed by atoms with E-state index in [4.69, 9.17) is 9.47 Å². The largest absolute Gasteiger partial charge is 0.389 e. The minimum Gasteiger partial charge on any atom is -0.389 e. The van der Waals surface area contributed by atoms with Crippen LogP contribution in [0.3, 0.4) is 0 Å². The second-order valence-electron chi connectivity index (χ2n) is 4.17. The molecule has 0 aromatic heterocycles. The summed E-state index contributed by atoms with van der Waals surface area (Å²) < 4.78 is 10.3. The average molecular weight is 233 g/mol. The second kappa shape index (κ2) is 11.3. The molecule has 0 spiro atoms. The van der Waals surface area contributed by atoms with Crippen LogP contribution in [0.15, 0.2) is 0 Å². The molecule has 0 bridgehead atoms. The Hall–Kier alpha value is -0.160. The molecular formula is C12H27NO3. The van der Waals surface area contributed by atoms with Crippen molar-refractivity contribution in [2.45, 2.75) is 45.3 Å². The zero-order valence-corrected chi connectivity index (χ0v) is 10.9. The van der Waals surface area contributed by atoms with Crippen molar-refractivity contribution in [1.82, 2.24) is 5.32 Å². The van der Waals surface area contributed by atoms with Gasteiger partial charge in [-0.3, -0.25) is 0 Å². The van der Waals surface area contributed by atoms with Crippen molar-refractivity contribution in [3.05, 3.63) is 0 Å². The van der Waals surface area contributed by atoms with E-state index < -0.39 is 6.10 Å². The van der Waals surface area contributed by atoms with Crippen LogP contribution >= 0.6 is 0 Å². The first-order chi connectivity index (χ1) is 7.70. The van der Waals surface area contributed by atoms with Crippen LogP contribution < -0.4 is 5.32 Å². The van der Waals surface area contributed by atoms with Crippen LogP contribution in [0, 0.1) is 0 Å². The summed E-state index contributed by atoms with van der Waals surface area (Å²) in [7, 11) is 1.70. The van der Waals surface area contributed by atoms with E-state index in [9.17, 15) is 5.11 Å². The number of aliphatic hydroxyl groups is 1. The number of ether oxygens (including phenoxy) is 2. The molecule has 0 fully saturated rings. The molecule has 0 rings (SSSR count). The van der Waals surface area contributed by atoms with Crippen molar-refractivity contribution in [1.29, 1.82) is 0 Å². The van der Waals surface area contributed by atoms with Crippen molar-refractivity contribution >= 4 is 0 Å². The highest BCUT2D eigenvalue weighted by atomic mass is 16.5. The zero-order chi connectivity index (χ0) is 12.2. The smallest absolute Gasteiger partial charge is 0.0897 e. The number of methoxy groups -OCH3 is 1. The van der Waals surface area contributed by atoms with Crippen LogP contribution in [-0.4, -0.2) is 50.7 Å². The molecule has 0 aliphatic carbocycles. The van der Waals surface area contributed by atoms with Gasteiger partial charge in [0.1, 0.15) is 0 Å². The lowest BCUT2D eigenvalue weighted by atomic mass is 10.2. The molecule has 0 aromatic carbocycles. The Kier molecular flexibility index (Phi) is 11.2. The highest BCUT2D eigenvalue weighted by Crippen LogP contribution is 1.93. The first-order valence-electron chi connectivity index (χ1n) is 6.18. The van der Waals surface area contributed by atoms with Gasteiger partial charge in [0.15, 0.2) is 0 Å². The maximum absolute atomic E-state index is 9.60. The third-order valence-corrected chi connectivity index (χ3v) is 2.41. The van der Waals surface area contributed by atoms with Gasteiger partial charge in [-0.05, 0) is 19.8 Å². The number of hydrogen-bond donors (Lipinski definition) is 2. The van der Waals surface area contributed by atoms with E-state index in [1.165, 1.54) is 0 Å². The molecule has 0 radical (unpaired) electrons. The molecule has 0 heterocycles. The maximum atomic E-state index is 9.60. The molecule has 0 saturated carbocycles. The summed E-state index contributed by atoms with van der Waals surface area (Å²) in [6.45, 7) is 6.70. The number of nitrogens with one attached hydrogen (secondary N) is 1. The molecule has 98 valence electrons. The van der Waals surface area contributed by atoms with Crippen LogP contribution in [0.2, 0.25) is 0 Å². The van der Waals surface area contributed by atoms with Crippen molar-refractivity contribution in [2.75, 3.05) is 33.5 Å². The van der Waals surface area contributed by atoms with Gasteiger partial charge in [0.2, 0.25) is 0 Å². The minimum atomic E-state index is -0.415. The summed E-state index contributed by atoms with van der Waals surface area (Å²) in [6.07, 6.45) is 2.73. The summed E-state index contributed by atoms with van der Waals surface area (Å²) in [6, 6.07) is 0.366. The van der Waals surface area contributed by atoms with Gasteiger partial charge in [-0.1, -0.05) is 13.3 Å². The quantitative estimate of drug-likeness (QED) is 0.526. The first-order valence-corrected chi connectivity index (χ1v) is 6.18. The molecule has 0 aliphatic rings. The van der Waals surface area contributed by atoms with Gasteiger partial charge in [0.05, 0.1) is 12.7 Å². The van der Waals surface area contributed by atoms with E-state index >= 15 is 0 Å². The normalized spacial score (nSPS) is 15.0. The SMILES string of the molecule is CCCCOCC(O)CNC(C)CCOC. The molecule has 2 N–H and O–H groups in total. The second-order valence-corrected chi connectivity index (χ2v) is 4.17. The van der Waals surface area contributed by atoms with E-state index in [1.54, 1.807) is 7.11 Å². The van der Waals surface area contributed by atoms with Crippen molar-refractivity contribution in [2.24, 2.45) is 0 Å². The summed E-state index contributed by atoms with van der Waals surface area (Å²) in [5.41, 5.74) is 0. The topological polar surface area (TPSA) is 50.7 Å². The molecule has 0 aromatic rings. The summed E-state index contributed by atoms with van der Waals surface area (Å²) >= 11 is 0. The molecule has 4 nitrogen and oxygen atoms in total. The highest BCUT2D eigenvalue weighted by Gasteiger charge is 2.06. The summed E-state index contributed by atoms with van der Waals surface area (Å²) in [5, 5.41) is 12.9. The summed E-state index contributed by atoms with van der Waals surface area (Å²) in [5.74, 6) is 0. The van der Waals surface area contributed by atoms with Gasteiger partial charge in [-0.2, -0.15) is 0 Å². The van der Waals surface area contributed by atoms with Crippen LogP contribution in [-0.2, 0) is 9.47 Å². The van der Waals surface area contributed by atoms with Gasteiger partial charge < -0.3 is 19.9 Å². The van der Waals surface area contributed by atoms with E-state index in [1.807, 2.05) is 0 Å². The van der Waals surface area contributed by atoms with Crippen molar-refractivity contribution in [3.63, 3.8) is 0 Å². The Labute approximate surface area is 99.3 Å². The maximum Gasteiger partial charge on any atom is 0.0897 e. The van der Waals surface area contributed by atoms with Crippen LogP contribution in [0.4, 0.5) is 0 Å². The molecule has 0 saturated heterocycles. The Balaban J connectivity index is 3.31. The molecule has 0 amide bonds. The predicted molar refractivity (Wildman–Crippen MR) is 65.7 cm³/mol. The lowest BCUT2D eigenvalue weighted by molar-refractivity contribution is 0.0343. The Morgan fingerprint density at radius 1 is 1.31 bits per heavy atom. The molecule has 16 heavy (non-hydrogen) atoms. The fourth-order valence-corrected chi connectivity index (χ4v) is 1.26. The molecule has 2 unspecified atom stereocenters. The third-order valence-electron chi connectivity index (χ3n) is 2.41. The Bertz CT molecular complexity index is 144. The predicted octanol–water partition coefficient (Wildman–Crippen LogP) is 1.18. The van der Waals surface area contributed by atoms with E-state index in [2.05, 4.69) is 19.2 Å². The standard InChI is InChI=1S/C12H27NO3/c1-4-5-7-16-10-12(14)9-13-11(2)6-8-15-3/h11-14H,4-10H2,1-3H3. The lowest BCUT2D eigenvalue weighted by Gasteiger charge is -2.16. The zero-order valence-electron chi connectivity index (χ0n) is 10.9. The van der Waals surface area contributed by atoms with E-state index in [-0.39, 0.29) is 0 Å². The minimum absolute atomic E-state index is 0.366. The monoisotopic (exact) mass is 233 g/mol. The number of hydrogen-bond acceptors (Lipinski definition) is 4. The van der Waals surface area contributed by atoms with Gasteiger partial charge >= 0.3 is 0 Å². The van der Waals surface area contributed by atoms with Gasteiger partial charge in [0, 0.05) is 32.9 Å². The number of aliphatic hydroxyl groups excluding tert-OH is 1. The Morgan fingerprint density at radius 2 is 2.06 bits per heavy atom. The average Bonchev–Trinajstić information content (AvgIpc) is 2.29. The van der Waals surface area contributed by atoms with Crippen LogP contribution in [0.5, 0.6) is 0 Å². The van der Waals surface area contributed by atoms with Gasteiger partial charge in [0.25, 0.3) is 0 Å². The van der Waals surface area contributed by atoms with E-state index in [0.29, 0.717) is 19.2 Å². The summed E-state index contributed by atoms with van der Waals surface area (Å²) in [4.78, 5) is 0. The molecular weight excluding hydrogens is 206 g/mol. The van der Waals surface area contributed by atoms with Crippen LogP contribution in [0.1, 0.15) is 33.1 Å². The van der Waals surface area contributed by atoms with Crippen molar-refractivity contribution < 1.29 is 14.6 Å². The van der Waals surface area contributed by atoms with E-state index in [0.717, 1.165) is 32.5 Å². The molecule has 2 atom stereocenters. The number of unbranched alkanes of at least 4 members (excludes halogenated alkanes) is 1. The first kappa shape index (κ1) is 15.8. The fourth-order valence-electron chi connectivity index (χ4n) is 1.26. The van der Waals surface area contributed by atoms with Crippen LogP contribution in [0.25, 0.3) is 0 Å². The fraction of sp³-hybridized carbons (Fsp3) is 1.00.